The van der Waals surface area contributed by atoms with Crippen molar-refractivity contribution in [3.8, 4) is 23.0 Å². The van der Waals surface area contributed by atoms with Gasteiger partial charge in [0.2, 0.25) is 0 Å². The van der Waals surface area contributed by atoms with Crippen molar-refractivity contribution in [2.45, 2.75) is 112 Å². The molecule has 0 radical (unpaired) electrons. The Bertz CT molecular complexity index is 1410. The zero-order valence-corrected chi connectivity index (χ0v) is 27.1. The van der Waals surface area contributed by atoms with Gasteiger partial charge in [-0.15, -0.1) is 0 Å². The molecule has 0 aliphatic carbocycles. The second-order valence-electron chi connectivity index (χ2n) is 14.9. The molecule has 0 atom stereocenters. The standard InChI is InChI=1S/C37H48O4/c1-34(2,3)38-26-17-13-24-15-19-32(40-36(7,8)9)30(28(24)21-26)23-31-29-22-27(39-35(4,5)6)18-14-25(29)16-20-33(31)41-37(10,11)12/h13-22H,23H2,1-12H3. The first-order valence-corrected chi connectivity index (χ1v) is 14.6. The molecule has 0 heterocycles. The zero-order valence-electron chi connectivity index (χ0n) is 27.1. The van der Waals surface area contributed by atoms with Crippen LogP contribution in [0.5, 0.6) is 23.0 Å². The van der Waals surface area contributed by atoms with E-state index in [1.165, 1.54) is 0 Å². The lowest BCUT2D eigenvalue weighted by atomic mass is 9.92. The van der Waals surface area contributed by atoms with Crippen molar-refractivity contribution in [3.05, 3.63) is 71.8 Å². The summed E-state index contributed by atoms with van der Waals surface area (Å²) in [5.74, 6) is 3.39. The summed E-state index contributed by atoms with van der Waals surface area (Å²) in [6.07, 6.45) is 0.615. The van der Waals surface area contributed by atoms with Crippen LogP contribution in [0, 0.1) is 0 Å². The molecule has 220 valence electrons. The smallest absolute Gasteiger partial charge is 0.124 e. The van der Waals surface area contributed by atoms with E-state index in [-0.39, 0.29) is 22.4 Å². The van der Waals surface area contributed by atoms with E-state index in [9.17, 15) is 0 Å². The Hall–Kier alpha value is -3.40. The van der Waals surface area contributed by atoms with Crippen LogP contribution in [0.15, 0.2) is 60.7 Å². The van der Waals surface area contributed by atoms with Gasteiger partial charge in [-0.1, -0.05) is 24.3 Å². The average Bonchev–Trinajstić information content (AvgIpc) is 2.78. The van der Waals surface area contributed by atoms with E-state index in [1.54, 1.807) is 0 Å². The highest BCUT2D eigenvalue weighted by Gasteiger charge is 2.23. The SMILES string of the molecule is CC(C)(C)Oc1ccc2ccc(OC(C)(C)C)c(Cc3c(OC(C)(C)C)ccc4ccc(OC(C)(C)C)cc34)c2c1. The number of rotatable bonds is 6. The Labute approximate surface area is 247 Å². The Balaban J connectivity index is 1.99. The quantitative estimate of drug-likeness (QED) is 0.237. The van der Waals surface area contributed by atoms with E-state index < -0.39 is 0 Å². The lowest BCUT2D eigenvalue weighted by molar-refractivity contribution is 0.128. The third-order valence-electron chi connectivity index (χ3n) is 6.16. The molecule has 0 fully saturated rings. The average molecular weight is 557 g/mol. The minimum Gasteiger partial charge on any atom is -0.488 e. The largest absolute Gasteiger partial charge is 0.488 e. The monoisotopic (exact) mass is 556 g/mol. The zero-order chi connectivity index (χ0) is 30.4. The Morgan fingerprint density at radius 2 is 0.732 bits per heavy atom. The van der Waals surface area contributed by atoms with E-state index in [2.05, 4.69) is 132 Å². The van der Waals surface area contributed by atoms with Crippen molar-refractivity contribution < 1.29 is 18.9 Å². The molecule has 0 spiro atoms. The van der Waals surface area contributed by atoms with E-state index in [1.807, 2.05) is 12.1 Å². The minimum absolute atomic E-state index is 0.305. The van der Waals surface area contributed by atoms with E-state index in [4.69, 9.17) is 18.9 Å². The van der Waals surface area contributed by atoms with Crippen molar-refractivity contribution in [1.29, 1.82) is 0 Å². The third kappa shape index (κ3) is 8.31. The third-order valence-corrected chi connectivity index (χ3v) is 6.16. The van der Waals surface area contributed by atoms with Gasteiger partial charge in [-0.3, -0.25) is 0 Å². The molecule has 4 nitrogen and oxygen atoms in total. The van der Waals surface area contributed by atoms with Gasteiger partial charge in [-0.2, -0.15) is 0 Å². The van der Waals surface area contributed by atoms with Crippen LogP contribution in [0.25, 0.3) is 21.5 Å². The van der Waals surface area contributed by atoms with Gasteiger partial charge in [-0.05, 0) is 141 Å². The maximum absolute atomic E-state index is 6.59. The number of fused-ring (bicyclic) bond motifs is 2. The Morgan fingerprint density at radius 3 is 1.05 bits per heavy atom. The van der Waals surface area contributed by atoms with E-state index in [0.29, 0.717) is 6.42 Å². The molecule has 0 saturated heterocycles. The highest BCUT2D eigenvalue weighted by Crippen LogP contribution is 2.40. The van der Waals surface area contributed by atoms with Crippen molar-refractivity contribution in [3.63, 3.8) is 0 Å². The topological polar surface area (TPSA) is 36.9 Å². The highest BCUT2D eigenvalue weighted by atomic mass is 16.5. The molecule has 0 N–H and O–H groups in total. The van der Waals surface area contributed by atoms with Gasteiger partial charge in [0.25, 0.3) is 0 Å². The Kier molecular flexibility index (Phi) is 8.03. The van der Waals surface area contributed by atoms with Crippen LogP contribution in [0.1, 0.15) is 94.2 Å². The summed E-state index contributed by atoms with van der Waals surface area (Å²) in [5.41, 5.74) is 0.869. The van der Waals surface area contributed by atoms with Gasteiger partial charge in [-0.25, -0.2) is 0 Å². The van der Waals surface area contributed by atoms with Gasteiger partial charge in [0.05, 0.1) is 0 Å². The predicted molar refractivity (Wildman–Crippen MR) is 172 cm³/mol. The summed E-state index contributed by atoms with van der Waals surface area (Å²) in [7, 11) is 0. The van der Waals surface area contributed by atoms with E-state index in [0.717, 1.165) is 55.7 Å². The van der Waals surface area contributed by atoms with Crippen LogP contribution in [-0.4, -0.2) is 22.4 Å². The molecule has 0 aliphatic rings. The first-order chi connectivity index (χ1) is 18.8. The predicted octanol–water partition coefficient (Wildman–Crippen LogP) is 10.3. The van der Waals surface area contributed by atoms with Crippen molar-refractivity contribution in [1.82, 2.24) is 0 Å². The van der Waals surface area contributed by atoms with Gasteiger partial charge in [0.15, 0.2) is 0 Å². The summed E-state index contributed by atoms with van der Waals surface area (Å²) in [4.78, 5) is 0. The maximum Gasteiger partial charge on any atom is 0.124 e. The number of hydrogen-bond acceptors (Lipinski definition) is 4. The summed E-state index contributed by atoms with van der Waals surface area (Å²) in [6, 6.07) is 21.1. The molecule has 0 aliphatic heterocycles. The second-order valence-corrected chi connectivity index (χ2v) is 14.9. The summed E-state index contributed by atoms with van der Waals surface area (Å²) in [6.45, 7) is 24.9. The molecule has 4 heteroatoms. The summed E-state index contributed by atoms with van der Waals surface area (Å²) in [5, 5.41) is 4.49. The first-order valence-electron chi connectivity index (χ1n) is 14.6. The minimum atomic E-state index is -0.362. The van der Waals surface area contributed by atoms with Crippen molar-refractivity contribution in [2.24, 2.45) is 0 Å². The lowest BCUT2D eigenvalue weighted by Crippen LogP contribution is -2.24. The molecule has 0 aromatic heterocycles. The molecule has 4 aromatic rings. The van der Waals surface area contributed by atoms with Crippen molar-refractivity contribution >= 4 is 21.5 Å². The van der Waals surface area contributed by atoms with Gasteiger partial charge >= 0.3 is 0 Å². The summed E-state index contributed by atoms with van der Waals surface area (Å²) < 4.78 is 25.8. The van der Waals surface area contributed by atoms with Crippen LogP contribution in [0.4, 0.5) is 0 Å². The fourth-order valence-corrected chi connectivity index (χ4v) is 4.91. The molecule has 41 heavy (non-hydrogen) atoms. The molecule has 4 aromatic carbocycles. The fraction of sp³-hybridized carbons (Fsp3) is 0.459. The van der Waals surface area contributed by atoms with Crippen LogP contribution in [0.3, 0.4) is 0 Å². The molecule has 0 bridgehead atoms. The molecular weight excluding hydrogens is 508 g/mol. The molecule has 0 saturated carbocycles. The highest BCUT2D eigenvalue weighted by molar-refractivity contribution is 5.93. The normalized spacial score (nSPS) is 13.0. The maximum atomic E-state index is 6.59. The first kappa shape index (κ1) is 30.6. The number of benzene rings is 4. The van der Waals surface area contributed by atoms with Crippen LogP contribution < -0.4 is 18.9 Å². The second kappa shape index (κ2) is 10.8. The molecule has 0 unspecified atom stereocenters. The Morgan fingerprint density at radius 1 is 0.415 bits per heavy atom. The molecule has 4 rings (SSSR count). The molecular formula is C37H48O4. The number of hydrogen-bond donors (Lipinski definition) is 0. The lowest BCUT2D eigenvalue weighted by Gasteiger charge is -2.27. The number of ether oxygens (including phenoxy) is 4. The van der Waals surface area contributed by atoms with Crippen LogP contribution in [-0.2, 0) is 6.42 Å². The fourth-order valence-electron chi connectivity index (χ4n) is 4.91. The van der Waals surface area contributed by atoms with E-state index >= 15 is 0 Å². The van der Waals surface area contributed by atoms with Gasteiger partial charge in [0.1, 0.15) is 45.4 Å². The van der Waals surface area contributed by atoms with Gasteiger partial charge < -0.3 is 18.9 Å². The van der Waals surface area contributed by atoms with Crippen molar-refractivity contribution in [2.75, 3.05) is 0 Å². The van der Waals surface area contributed by atoms with Crippen LogP contribution >= 0.6 is 0 Å². The van der Waals surface area contributed by atoms with Crippen LogP contribution in [0.2, 0.25) is 0 Å². The van der Waals surface area contributed by atoms with Gasteiger partial charge in [0, 0.05) is 17.5 Å². The summed E-state index contributed by atoms with van der Waals surface area (Å²) >= 11 is 0. The molecule has 0 amide bonds.